The van der Waals surface area contributed by atoms with E-state index in [1.807, 2.05) is 18.2 Å². The molecule has 8 nitrogen and oxygen atoms in total. The fraction of sp³-hybridized carbons (Fsp3) is 0.0526. The van der Waals surface area contributed by atoms with Crippen molar-refractivity contribution in [1.29, 1.82) is 0 Å². The quantitative estimate of drug-likeness (QED) is 0.295. The SMILES string of the molecule is C=CC(=O)[N+](C)(O)n1cc(-c2ccccc2)c(-c2ccccc2S(N)(=O)=O)n1. The highest BCUT2D eigenvalue weighted by Gasteiger charge is 2.34. The first-order valence-electron chi connectivity index (χ1n) is 8.20. The second-order valence-electron chi connectivity index (χ2n) is 6.17. The summed E-state index contributed by atoms with van der Waals surface area (Å²) in [4.78, 5) is 13.0. The fourth-order valence-corrected chi connectivity index (χ4v) is 3.51. The maximum absolute atomic E-state index is 12.1. The van der Waals surface area contributed by atoms with Gasteiger partial charge in [0.15, 0.2) is 0 Å². The van der Waals surface area contributed by atoms with Crippen LogP contribution in [0.4, 0.5) is 0 Å². The van der Waals surface area contributed by atoms with Crippen molar-refractivity contribution in [2.45, 2.75) is 4.90 Å². The summed E-state index contributed by atoms with van der Waals surface area (Å²) in [6, 6.07) is 15.2. The minimum Gasteiger partial charge on any atom is -0.225 e. The van der Waals surface area contributed by atoms with Crippen LogP contribution >= 0.6 is 0 Å². The molecule has 1 atom stereocenters. The minimum atomic E-state index is -4.03. The van der Waals surface area contributed by atoms with E-state index < -0.39 is 20.7 Å². The number of carbonyl (C=O) groups excluding carboxylic acids is 1. The number of quaternary nitrogens is 1. The number of nitrogens with two attached hydrogens (primary N) is 1. The number of sulfonamides is 1. The third-order valence-electron chi connectivity index (χ3n) is 4.23. The molecule has 1 unspecified atom stereocenters. The lowest BCUT2D eigenvalue weighted by atomic mass is 10.0. The molecule has 0 saturated heterocycles. The third-order valence-corrected chi connectivity index (χ3v) is 5.20. The maximum atomic E-state index is 12.1. The molecule has 1 aromatic heterocycles. The summed E-state index contributed by atoms with van der Waals surface area (Å²) >= 11 is 0. The Labute approximate surface area is 162 Å². The van der Waals surface area contributed by atoms with E-state index in [2.05, 4.69) is 11.7 Å². The molecule has 3 aromatic rings. The van der Waals surface area contributed by atoms with Crippen LogP contribution in [0.5, 0.6) is 0 Å². The van der Waals surface area contributed by atoms with Crippen LogP contribution in [-0.4, -0.2) is 36.5 Å². The molecule has 0 spiro atoms. The lowest BCUT2D eigenvalue weighted by Gasteiger charge is -2.19. The van der Waals surface area contributed by atoms with Crippen molar-refractivity contribution in [2.75, 3.05) is 7.05 Å². The van der Waals surface area contributed by atoms with E-state index in [0.717, 1.165) is 16.4 Å². The molecule has 0 bridgehead atoms. The van der Waals surface area contributed by atoms with Crippen LogP contribution in [0.25, 0.3) is 22.4 Å². The highest BCUT2D eigenvalue weighted by Crippen LogP contribution is 2.34. The number of benzene rings is 2. The number of hydrogen-bond acceptors (Lipinski definition) is 5. The van der Waals surface area contributed by atoms with Crippen molar-refractivity contribution in [2.24, 2.45) is 5.14 Å². The first-order chi connectivity index (χ1) is 13.2. The van der Waals surface area contributed by atoms with Gasteiger partial charge in [0, 0.05) is 17.2 Å². The van der Waals surface area contributed by atoms with Crippen molar-refractivity contribution < 1.29 is 18.4 Å². The van der Waals surface area contributed by atoms with E-state index in [-0.39, 0.29) is 16.2 Å². The zero-order chi connectivity index (χ0) is 20.5. The van der Waals surface area contributed by atoms with Crippen molar-refractivity contribution in [3.63, 3.8) is 0 Å². The predicted octanol–water partition coefficient (Wildman–Crippen LogP) is 2.03. The molecule has 144 valence electrons. The molecule has 3 rings (SSSR count). The Morgan fingerprint density at radius 2 is 1.75 bits per heavy atom. The number of primary sulfonamides is 1. The van der Waals surface area contributed by atoms with Gasteiger partial charge in [-0.05, 0) is 16.4 Å². The smallest absolute Gasteiger partial charge is 0.225 e. The Hall–Kier alpha value is -3.11. The first kappa shape index (κ1) is 19.6. The highest BCUT2D eigenvalue weighted by atomic mass is 32.2. The number of hydrogen-bond donors (Lipinski definition) is 2. The van der Waals surface area contributed by atoms with Crippen LogP contribution in [0.1, 0.15) is 0 Å². The number of rotatable bonds is 5. The second-order valence-corrected chi connectivity index (χ2v) is 7.70. The van der Waals surface area contributed by atoms with Gasteiger partial charge < -0.3 is 0 Å². The van der Waals surface area contributed by atoms with Gasteiger partial charge in [0.25, 0.3) is 0 Å². The van der Waals surface area contributed by atoms with Gasteiger partial charge in [-0.3, -0.25) is 0 Å². The summed E-state index contributed by atoms with van der Waals surface area (Å²) in [6.45, 7) is 3.38. The molecule has 0 aliphatic carbocycles. The zero-order valence-electron chi connectivity index (χ0n) is 15.1. The molecule has 0 fully saturated rings. The van der Waals surface area contributed by atoms with Crippen molar-refractivity contribution >= 4 is 15.9 Å². The predicted molar refractivity (Wildman–Crippen MR) is 105 cm³/mol. The Morgan fingerprint density at radius 1 is 1.14 bits per heavy atom. The van der Waals surface area contributed by atoms with Crippen molar-refractivity contribution in [3.8, 4) is 22.4 Å². The Balaban J connectivity index is 2.33. The van der Waals surface area contributed by atoms with Gasteiger partial charge in [-0.1, -0.05) is 59.9 Å². The number of aromatic nitrogens is 2. The third kappa shape index (κ3) is 3.51. The maximum Gasteiger partial charge on any atom is 0.396 e. The summed E-state index contributed by atoms with van der Waals surface area (Å²) in [5.74, 6) is -0.714. The minimum absolute atomic E-state index is 0.111. The summed E-state index contributed by atoms with van der Waals surface area (Å²) < 4.78 is 22.9. The van der Waals surface area contributed by atoms with Crippen LogP contribution in [0.2, 0.25) is 0 Å². The lowest BCUT2D eigenvalue weighted by Crippen LogP contribution is -2.55. The average Bonchev–Trinajstić information content (AvgIpc) is 3.13. The van der Waals surface area contributed by atoms with Crippen molar-refractivity contribution in [1.82, 2.24) is 14.6 Å². The highest BCUT2D eigenvalue weighted by molar-refractivity contribution is 7.89. The second kappa shape index (κ2) is 7.13. The number of hydroxylamine groups is 2. The molecule has 0 aliphatic heterocycles. The van der Waals surface area contributed by atoms with E-state index >= 15 is 0 Å². The molecule has 0 aliphatic rings. The Kier molecular flexibility index (Phi) is 5.01. The molecular weight excluding hydrogens is 380 g/mol. The normalized spacial score (nSPS) is 13.7. The van der Waals surface area contributed by atoms with Gasteiger partial charge in [-0.15, -0.1) is 5.10 Å². The molecule has 3 N–H and O–H groups in total. The Bertz CT molecular complexity index is 1150. The number of nitrogens with zero attached hydrogens (tertiary/aromatic N) is 3. The fourth-order valence-electron chi connectivity index (χ4n) is 2.77. The summed E-state index contributed by atoms with van der Waals surface area (Å²) in [7, 11) is -2.80. The molecule has 28 heavy (non-hydrogen) atoms. The average molecular weight is 399 g/mol. The molecular formula is C19H19N4O4S+. The van der Waals surface area contributed by atoms with Gasteiger partial charge in [0.05, 0.1) is 11.1 Å². The van der Waals surface area contributed by atoms with E-state index in [1.54, 1.807) is 30.3 Å². The van der Waals surface area contributed by atoms with Gasteiger partial charge in [0.2, 0.25) is 10.0 Å². The number of amides is 1. The van der Waals surface area contributed by atoms with Gasteiger partial charge in [-0.2, -0.15) is 5.21 Å². The van der Waals surface area contributed by atoms with E-state index in [4.69, 9.17) is 5.14 Å². The van der Waals surface area contributed by atoms with E-state index in [9.17, 15) is 18.4 Å². The monoisotopic (exact) mass is 399 g/mol. The lowest BCUT2D eigenvalue weighted by molar-refractivity contribution is -0.184. The van der Waals surface area contributed by atoms with E-state index in [0.29, 0.717) is 5.56 Å². The summed E-state index contributed by atoms with van der Waals surface area (Å²) in [5.41, 5.74) is 1.76. The van der Waals surface area contributed by atoms with Crippen LogP contribution in [0.3, 0.4) is 0 Å². The molecule has 1 amide bonds. The molecule has 0 saturated carbocycles. The van der Waals surface area contributed by atoms with Gasteiger partial charge >= 0.3 is 5.91 Å². The molecule has 2 aromatic carbocycles. The largest absolute Gasteiger partial charge is 0.396 e. The number of carbonyl (C=O) groups is 1. The molecule has 9 heteroatoms. The topological polar surface area (TPSA) is 115 Å². The van der Waals surface area contributed by atoms with Crippen LogP contribution in [0, 0.1) is 0 Å². The first-order valence-corrected chi connectivity index (χ1v) is 9.75. The van der Waals surface area contributed by atoms with Crippen LogP contribution in [0.15, 0.2) is 78.3 Å². The van der Waals surface area contributed by atoms with Crippen LogP contribution < -0.4 is 9.89 Å². The van der Waals surface area contributed by atoms with Gasteiger partial charge in [-0.25, -0.2) is 18.4 Å². The van der Waals surface area contributed by atoms with Gasteiger partial charge in [0.1, 0.15) is 12.7 Å². The van der Waals surface area contributed by atoms with Crippen LogP contribution in [-0.2, 0) is 14.8 Å². The number of likely N-dealkylation sites (N-methyl/N-ethyl adjacent to an activating group) is 1. The zero-order valence-corrected chi connectivity index (χ0v) is 15.9. The Morgan fingerprint density at radius 3 is 2.36 bits per heavy atom. The molecule has 0 radical (unpaired) electrons. The standard InChI is InChI=1S/C19H19N4O4S/c1-3-18(24)23(2,25)22-13-16(14-9-5-4-6-10-14)19(21-22)15-11-7-8-12-17(15)28(20,26)27/h3-13,25H,1H2,2H3,(H2,20,26,27)/q+1. The van der Waals surface area contributed by atoms with E-state index in [1.165, 1.54) is 19.3 Å². The molecule has 1 heterocycles. The summed E-state index contributed by atoms with van der Waals surface area (Å²) in [6.07, 6.45) is 2.44. The summed E-state index contributed by atoms with van der Waals surface area (Å²) in [5, 5.41) is 20.3. The van der Waals surface area contributed by atoms with Crippen molar-refractivity contribution in [3.05, 3.63) is 73.4 Å².